The number of anilines is 1. The number of hydrogen-bond acceptors (Lipinski definition) is 5. The summed E-state index contributed by atoms with van der Waals surface area (Å²) in [6, 6.07) is 0.0415. The van der Waals surface area contributed by atoms with Crippen LogP contribution < -0.4 is 5.73 Å². The zero-order valence-electron chi connectivity index (χ0n) is 11.1. The fourth-order valence-electron chi connectivity index (χ4n) is 1.83. The summed E-state index contributed by atoms with van der Waals surface area (Å²) in [6.45, 7) is 3.74. The first kappa shape index (κ1) is 14.7. The lowest BCUT2D eigenvalue weighted by atomic mass is 10.2. The highest BCUT2D eigenvalue weighted by Crippen LogP contribution is 2.22. The minimum absolute atomic E-state index is 0.0415. The van der Waals surface area contributed by atoms with Crippen LogP contribution in [-0.2, 0) is 15.5 Å². The van der Waals surface area contributed by atoms with Gasteiger partial charge in [-0.2, -0.15) is 0 Å². The van der Waals surface area contributed by atoms with E-state index in [4.69, 9.17) is 5.73 Å². The molecule has 1 heterocycles. The highest BCUT2D eigenvalue weighted by molar-refractivity contribution is 7.84. The first-order valence-electron chi connectivity index (χ1n) is 5.61. The topological polar surface area (TPSA) is 87.2 Å². The Hall–Kier alpha value is -1.37. The van der Waals surface area contributed by atoms with Gasteiger partial charge < -0.3 is 15.0 Å². The van der Waals surface area contributed by atoms with Crippen LogP contribution in [0.2, 0.25) is 0 Å². The lowest BCUT2D eigenvalue weighted by molar-refractivity contribution is 0.0595. The third kappa shape index (κ3) is 3.10. The van der Waals surface area contributed by atoms with Crippen molar-refractivity contribution < 1.29 is 13.7 Å². The summed E-state index contributed by atoms with van der Waals surface area (Å²) in [6.07, 6.45) is 2.38. The van der Waals surface area contributed by atoms with Crippen molar-refractivity contribution in [2.75, 3.05) is 24.9 Å². The van der Waals surface area contributed by atoms with Crippen molar-refractivity contribution in [3.05, 3.63) is 11.5 Å². The van der Waals surface area contributed by atoms with Crippen molar-refractivity contribution in [2.24, 2.45) is 0 Å². The van der Waals surface area contributed by atoms with Crippen molar-refractivity contribution in [3.63, 3.8) is 0 Å². The van der Waals surface area contributed by atoms with Gasteiger partial charge in [-0.15, -0.1) is 0 Å². The van der Waals surface area contributed by atoms with Crippen LogP contribution in [0.1, 0.15) is 35.7 Å². The Kier molecular flexibility index (Phi) is 4.89. The molecule has 2 N–H and O–H groups in total. The molecule has 7 heteroatoms. The number of aryl methyl sites for hydroxylation is 1. The Bertz CT molecular complexity index is 470. The van der Waals surface area contributed by atoms with Gasteiger partial charge in [0.25, 0.3) is 0 Å². The maximum Gasteiger partial charge on any atom is 0.360 e. The third-order valence-corrected chi connectivity index (χ3v) is 3.58. The van der Waals surface area contributed by atoms with Crippen LogP contribution in [-0.4, -0.2) is 38.8 Å². The van der Waals surface area contributed by atoms with E-state index in [1.54, 1.807) is 17.7 Å². The van der Waals surface area contributed by atoms with Gasteiger partial charge >= 0.3 is 5.97 Å². The van der Waals surface area contributed by atoms with E-state index in [1.807, 2.05) is 6.92 Å². The van der Waals surface area contributed by atoms with Gasteiger partial charge in [0, 0.05) is 28.9 Å². The Balaban J connectivity index is 2.98. The molecule has 0 aliphatic carbocycles. The number of carbonyl (C=O) groups excluding carboxylic acids is 1. The smallest absolute Gasteiger partial charge is 0.360 e. The molecular formula is C11H19N3O3S. The van der Waals surface area contributed by atoms with E-state index in [0.29, 0.717) is 23.8 Å². The number of methoxy groups -OCH3 is 1. The number of aromatic nitrogens is 2. The van der Waals surface area contributed by atoms with Gasteiger partial charge in [-0.3, -0.25) is 4.21 Å². The molecule has 0 aromatic carbocycles. The van der Waals surface area contributed by atoms with Crippen LogP contribution in [0.4, 0.5) is 5.82 Å². The van der Waals surface area contributed by atoms with Crippen LogP contribution in [0, 0.1) is 6.92 Å². The monoisotopic (exact) mass is 273 g/mol. The fourth-order valence-corrected chi connectivity index (χ4v) is 2.50. The minimum atomic E-state index is -0.843. The zero-order chi connectivity index (χ0) is 13.9. The predicted molar refractivity (Wildman–Crippen MR) is 71.0 cm³/mol. The number of imidazole rings is 1. The number of rotatable bonds is 5. The van der Waals surface area contributed by atoms with Crippen LogP contribution in [0.3, 0.4) is 0 Å². The highest BCUT2D eigenvalue weighted by Gasteiger charge is 2.21. The number of nitrogen functional groups attached to an aromatic ring is 1. The predicted octanol–water partition coefficient (Wildman–Crippen LogP) is 0.890. The van der Waals surface area contributed by atoms with Crippen molar-refractivity contribution in [3.8, 4) is 0 Å². The second-order valence-electron chi connectivity index (χ2n) is 4.17. The van der Waals surface area contributed by atoms with E-state index < -0.39 is 16.8 Å². The Morgan fingerprint density at radius 1 is 1.61 bits per heavy atom. The van der Waals surface area contributed by atoms with Crippen LogP contribution in [0.25, 0.3) is 0 Å². The number of nitrogens with zero attached hydrogens (tertiary/aromatic N) is 2. The number of hydrogen-bond donors (Lipinski definition) is 1. The molecule has 102 valence electrons. The molecule has 0 spiro atoms. The van der Waals surface area contributed by atoms with Gasteiger partial charge in [0.05, 0.1) is 7.11 Å². The molecule has 1 aromatic heterocycles. The van der Waals surface area contributed by atoms with E-state index in [-0.39, 0.29) is 11.7 Å². The lowest BCUT2D eigenvalue weighted by Crippen LogP contribution is -2.14. The van der Waals surface area contributed by atoms with Crippen LogP contribution in [0.5, 0.6) is 0 Å². The van der Waals surface area contributed by atoms with Gasteiger partial charge in [0.15, 0.2) is 5.69 Å². The van der Waals surface area contributed by atoms with Crippen molar-refractivity contribution in [1.29, 1.82) is 0 Å². The molecule has 2 atom stereocenters. The number of nitrogens with two attached hydrogens (primary N) is 1. The van der Waals surface area contributed by atoms with Gasteiger partial charge in [0.1, 0.15) is 11.6 Å². The Morgan fingerprint density at radius 2 is 2.22 bits per heavy atom. The molecule has 6 nitrogen and oxygen atoms in total. The summed E-state index contributed by atoms with van der Waals surface area (Å²) >= 11 is 0. The Labute approximate surface area is 109 Å². The van der Waals surface area contributed by atoms with Gasteiger partial charge in [-0.05, 0) is 20.3 Å². The molecule has 0 radical (unpaired) electrons. The molecule has 1 aromatic rings. The molecule has 0 saturated carbocycles. The van der Waals surface area contributed by atoms with Crippen LogP contribution in [0.15, 0.2) is 0 Å². The van der Waals surface area contributed by atoms with E-state index in [1.165, 1.54) is 7.11 Å². The van der Waals surface area contributed by atoms with E-state index in [9.17, 15) is 9.00 Å². The summed E-state index contributed by atoms with van der Waals surface area (Å²) in [5, 5.41) is 0. The number of esters is 1. The standard InChI is InChI=1S/C11H19N3O3S/c1-7(5-6-18(4)16)14-8(2)13-9(10(14)12)11(15)17-3/h7H,5-6,12H2,1-4H3. The third-order valence-electron chi connectivity index (χ3n) is 2.77. The average molecular weight is 273 g/mol. The largest absolute Gasteiger partial charge is 0.464 e. The summed E-state index contributed by atoms with van der Waals surface area (Å²) < 4.78 is 17.5. The second-order valence-corrected chi connectivity index (χ2v) is 5.72. The quantitative estimate of drug-likeness (QED) is 0.805. The molecule has 0 aliphatic rings. The highest BCUT2D eigenvalue weighted by atomic mass is 32.2. The van der Waals surface area contributed by atoms with Gasteiger partial charge in [0.2, 0.25) is 0 Å². The molecule has 1 rings (SSSR count). The van der Waals surface area contributed by atoms with Crippen molar-refractivity contribution in [2.45, 2.75) is 26.3 Å². The van der Waals surface area contributed by atoms with E-state index in [2.05, 4.69) is 9.72 Å². The van der Waals surface area contributed by atoms with Crippen LogP contribution >= 0.6 is 0 Å². The van der Waals surface area contributed by atoms with Gasteiger partial charge in [-0.1, -0.05) is 0 Å². The summed E-state index contributed by atoms with van der Waals surface area (Å²) in [5.41, 5.74) is 6.05. The SMILES string of the molecule is COC(=O)c1nc(C)n(C(C)CCS(C)=O)c1N. The maximum absolute atomic E-state index is 11.5. The molecule has 0 amide bonds. The molecule has 0 saturated heterocycles. The van der Waals surface area contributed by atoms with Crippen molar-refractivity contribution >= 4 is 22.6 Å². The summed E-state index contributed by atoms with van der Waals surface area (Å²) in [5.74, 6) is 1.00. The molecule has 0 fully saturated rings. The number of ether oxygens (including phenoxy) is 1. The molecular weight excluding hydrogens is 254 g/mol. The first-order valence-corrected chi connectivity index (χ1v) is 7.33. The van der Waals surface area contributed by atoms with Gasteiger partial charge in [-0.25, -0.2) is 9.78 Å². The lowest BCUT2D eigenvalue weighted by Gasteiger charge is -2.16. The average Bonchev–Trinajstić information content (AvgIpc) is 2.61. The first-order chi connectivity index (χ1) is 8.38. The summed E-state index contributed by atoms with van der Waals surface area (Å²) in [7, 11) is 0.449. The van der Waals surface area contributed by atoms with E-state index >= 15 is 0 Å². The molecule has 0 aliphatic heterocycles. The molecule has 0 bridgehead atoms. The Morgan fingerprint density at radius 3 is 2.72 bits per heavy atom. The molecule has 2 unspecified atom stereocenters. The second kappa shape index (κ2) is 5.99. The maximum atomic E-state index is 11.5. The minimum Gasteiger partial charge on any atom is -0.464 e. The normalized spacial score (nSPS) is 14.2. The van der Waals surface area contributed by atoms with Crippen molar-refractivity contribution in [1.82, 2.24) is 9.55 Å². The zero-order valence-corrected chi connectivity index (χ0v) is 11.9. The number of carbonyl (C=O) groups is 1. The molecule has 18 heavy (non-hydrogen) atoms. The fraction of sp³-hybridized carbons (Fsp3) is 0.636. The summed E-state index contributed by atoms with van der Waals surface area (Å²) in [4.78, 5) is 15.6. The van der Waals surface area contributed by atoms with E-state index in [0.717, 1.165) is 0 Å².